The predicted molar refractivity (Wildman–Crippen MR) is 65.8 cm³/mol. The fourth-order valence-corrected chi connectivity index (χ4v) is 2.05. The van der Waals surface area contributed by atoms with E-state index in [0.29, 0.717) is 25.8 Å². The molecule has 1 unspecified atom stereocenters. The van der Waals surface area contributed by atoms with Crippen LogP contribution in [0.25, 0.3) is 0 Å². The van der Waals surface area contributed by atoms with Crippen LogP contribution in [0.2, 0.25) is 0 Å². The van der Waals surface area contributed by atoms with Crippen molar-refractivity contribution in [3.8, 4) is 0 Å². The number of rotatable bonds is 4. The lowest BCUT2D eigenvalue weighted by Gasteiger charge is -2.15. The number of anilines is 1. The topological polar surface area (TPSA) is 58.6 Å². The maximum atomic E-state index is 12.6. The first-order valence-corrected chi connectivity index (χ1v) is 6.14. The smallest absolute Gasteiger partial charge is 0.416 e. The SMILES string of the molecule is O=C(O)c1cc(C(F)(F)F)ccc1NCC1CCOC1. The van der Waals surface area contributed by atoms with Crippen molar-refractivity contribution < 1.29 is 27.8 Å². The second kappa shape index (κ2) is 5.70. The summed E-state index contributed by atoms with van der Waals surface area (Å²) in [5.74, 6) is -1.14. The van der Waals surface area contributed by atoms with E-state index >= 15 is 0 Å². The number of carbonyl (C=O) groups is 1. The summed E-state index contributed by atoms with van der Waals surface area (Å²) in [7, 11) is 0. The zero-order valence-corrected chi connectivity index (χ0v) is 10.5. The summed E-state index contributed by atoms with van der Waals surface area (Å²) in [6, 6.07) is 2.68. The Morgan fingerprint density at radius 3 is 2.75 bits per heavy atom. The normalized spacial score (nSPS) is 19.1. The van der Waals surface area contributed by atoms with Crippen LogP contribution in [0.3, 0.4) is 0 Å². The van der Waals surface area contributed by atoms with Gasteiger partial charge in [-0.15, -0.1) is 0 Å². The number of hydrogen-bond acceptors (Lipinski definition) is 3. The first kappa shape index (κ1) is 14.6. The van der Waals surface area contributed by atoms with Gasteiger partial charge in [-0.2, -0.15) is 13.2 Å². The van der Waals surface area contributed by atoms with Crippen molar-refractivity contribution in [3.63, 3.8) is 0 Å². The third kappa shape index (κ3) is 3.41. The maximum absolute atomic E-state index is 12.6. The van der Waals surface area contributed by atoms with Gasteiger partial charge < -0.3 is 15.2 Å². The van der Waals surface area contributed by atoms with Gasteiger partial charge in [-0.25, -0.2) is 4.79 Å². The van der Waals surface area contributed by atoms with E-state index in [4.69, 9.17) is 9.84 Å². The van der Waals surface area contributed by atoms with E-state index in [0.717, 1.165) is 18.6 Å². The lowest BCUT2D eigenvalue weighted by molar-refractivity contribution is -0.137. The van der Waals surface area contributed by atoms with Crippen molar-refractivity contribution >= 4 is 11.7 Å². The summed E-state index contributed by atoms with van der Waals surface area (Å²) < 4.78 is 42.9. The van der Waals surface area contributed by atoms with E-state index in [2.05, 4.69) is 5.32 Å². The molecule has 1 fully saturated rings. The minimum Gasteiger partial charge on any atom is -0.478 e. The molecule has 1 saturated heterocycles. The Kier molecular flexibility index (Phi) is 4.17. The fraction of sp³-hybridized carbons (Fsp3) is 0.462. The van der Waals surface area contributed by atoms with Crippen LogP contribution < -0.4 is 5.32 Å². The van der Waals surface area contributed by atoms with E-state index in [1.54, 1.807) is 0 Å². The molecular formula is C13H14F3NO3. The lowest BCUT2D eigenvalue weighted by atomic mass is 10.1. The first-order chi connectivity index (χ1) is 9.38. The van der Waals surface area contributed by atoms with E-state index < -0.39 is 17.7 Å². The Balaban J connectivity index is 2.17. The minimum absolute atomic E-state index is 0.192. The van der Waals surface area contributed by atoms with Gasteiger partial charge in [-0.1, -0.05) is 0 Å². The number of alkyl halides is 3. The van der Waals surface area contributed by atoms with Gasteiger partial charge in [0.1, 0.15) is 0 Å². The van der Waals surface area contributed by atoms with Crippen LogP contribution in [-0.4, -0.2) is 30.8 Å². The van der Waals surface area contributed by atoms with Crippen molar-refractivity contribution in [2.75, 3.05) is 25.1 Å². The molecule has 1 atom stereocenters. The van der Waals surface area contributed by atoms with Crippen LogP contribution in [0, 0.1) is 5.92 Å². The molecule has 110 valence electrons. The summed E-state index contributed by atoms with van der Waals surface area (Å²) in [5.41, 5.74) is -1.15. The Morgan fingerprint density at radius 1 is 1.45 bits per heavy atom. The van der Waals surface area contributed by atoms with Crippen molar-refractivity contribution in [2.24, 2.45) is 5.92 Å². The number of carboxylic acid groups (broad SMARTS) is 1. The molecular weight excluding hydrogens is 275 g/mol. The number of hydrogen-bond donors (Lipinski definition) is 2. The van der Waals surface area contributed by atoms with Crippen LogP contribution >= 0.6 is 0 Å². The Morgan fingerprint density at radius 2 is 2.20 bits per heavy atom. The molecule has 0 amide bonds. The molecule has 4 nitrogen and oxygen atoms in total. The molecule has 0 aromatic heterocycles. The summed E-state index contributed by atoms with van der Waals surface area (Å²) in [6.07, 6.45) is -3.70. The number of carboxylic acids is 1. The van der Waals surface area contributed by atoms with Gasteiger partial charge in [0.2, 0.25) is 0 Å². The molecule has 0 aliphatic carbocycles. The second-order valence-corrected chi connectivity index (χ2v) is 4.67. The average Bonchev–Trinajstić information content (AvgIpc) is 2.88. The number of aromatic carboxylic acids is 1. The molecule has 1 aromatic carbocycles. The van der Waals surface area contributed by atoms with Crippen molar-refractivity contribution in [1.29, 1.82) is 0 Å². The molecule has 0 spiro atoms. The molecule has 7 heteroatoms. The summed E-state index contributed by atoms with van der Waals surface area (Å²) in [4.78, 5) is 11.1. The monoisotopic (exact) mass is 289 g/mol. The lowest BCUT2D eigenvalue weighted by Crippen LogP contribution is -2.17. The van der Waals surface area contributed by atoms with Gasteiger partial charge in [-0.3, -0.25) is 0 Å². The Hall–Kier alpha value is -1.76. The first-order valence-electron chi connectivity index (χ1n) is 6.14. The van der Waals surface area contributed by atoms with Gasteiger partial charge in [0, 0.05) is 24.8 Å². The van der Waals surface area contributed by atoms with E-state index in [1.807, 2.05) is 0 Å². The highest BCUT2D eigenvalue weighted by molar-refractivity contribution is 5.94. The van der Waals surface area contributed by atoms with Crippen LogP contribution in [0.5, 0.6) is 0 Å². The highest BCUT2D eigenvalue weighted by Crippen LogP contribution is 2.32. The third-order valence-corrected chi connectivity index (χ3v) is 3.18. The second-order valence-electron chi connectivity index (χ2n) is 4.67. The highest BCUT2D eigenvalue weighted by atomic mass is 19.4. The Bertz CT molecular complexity index is 496. The number of ether oxygens (including phenoxy) is 1. The summed E-state index contributed by atoms with van der Waals surface area (Å²) >= 11 is 0. The summed E-state index contributed by atoms with van der Waals surface area (Å²) in [6.45, 7) is 1.72. The quantitative estimate of drug-likeness (QED) is 0.895. The van der Waals surface area contributed by atoms with Crippen LogP contribution in [0.1, 0.15) is 22.3 Å². The molecule has 0 radical (unpaired) electrons. The zero-order valence-electron chi connectivity index (χ0n) is 10.5. The average molecular weight is 289 g/mol. The molecule has 0 bridgehead atoms. The van der Waals surface area contributed by atoms with Crippen LogP contribution in [0.15, 0.2) is 18.2 Å². The number of halogens is 3. The zero-order chi connectivity index (χ0) is 14.8. The molecule has 20 heavy (non-hydrogen) atoms. The van der Waals surface area contributed by atoms with Gasteiger partial charge in [0.05, 0.1) is 17.7 Å². The fourth-order valence-electron chi connectivity index (χ4n) is 2.05. The predicted octanol–water partition coefficient (Wildman–Crippen LogP) is 2.85. The van der Waals surface area contributed by atoms with Crippen molar-refractivity contribution in [1.82, 2.24) is 0 Å². The maximum Gasteiger partial charge on any atom is 0.416 e. The molecule has 1 aliphatic rings. The van der Waals surface area contributed by atoms with Crippen molar-refractivity contribution in [2.45, 2.75) is 12.6 Å². The molecule has 1 aliphatic heterocycles. The molecule has 1 heterocycles. The van der Waals surface area contributed by atoms with E-state index in [1.165, 1.54) is 0 Å². The standard InChI is InChI=1S/C13H14F3NO3/c14-13(15,16)9-1-2-11(10(5-9)12(18)19)17-6-8-3-4-20-7-8/h1-2,5,8,17H,3-4,6-7H2,(H,18,19). The third-order valence-electron chi connectivity index (χ3n) is 3.18. The largest absolute Gasteiger partial charge is 0.478 e. The van der Waals surface area contributed by atoms with E-state index in [-0.39, 0.29) is 17.2 Å². The summed E-state index contributed by atoms with van der Waals surface area (Å²) in [5, 5.41) is 11.9. The van der Waals surface area contributed by atoms with Gasteiger partial charge in [0.25, 0.3) is 0 Å². The van der Waals surface area contributed by atoms with Crippen LogP contribution in [-0.2, 0) is 10.9 Å². The van der Waals surface area contributed by atoms with Gasteiger partial charge >= 0.3 is 12.1 Å². The van der Waals surface area contributed by atoms with Gasteiger partial charge in [0.15, 0.2) is 0 Å². The number of benzene rings is 1. The Labute approximate surface area is 113 Å². The molecule has 0 saturated carbocycles. The van der Waals surface area contributed by atoms with Crippen LogP contribution in [0.4, 0.5) is 18.9 Å². The van der Waals surface area contributed by atoms with Crippen molar-refractivity contribution in [3.05, 3.63) is 29.3 Å². The van der Waals surface area contributed by atoms with Gasteiger partial charge in [-0.05, 0) is 24.6 Å². The minimum atomic E-state index is -4.55. The molecule has 2 N–H and O–H groups in total. The number of nitrogens with one attached hydrogen (secondary N) is 1. The van der Waals surface area contributed by atoms with E-state index in [9.17, 15) is 18.0 Å². The molecule has 2 rings (SSSR count). The molecule has 1 aromatic rings. The highest BCUT2D eigenvalue weighted by Gasteiger charge is 2.31.